The van der Waals surface area contributed by atoms with E-state index in [9.17, 15) is 0 Å². The molecule has 0 aromatic carbocycles. The molecule has 22 heavy (non-hydrogen) atoms. The lowest BCUT2D eigenvalue weighted by atomic mass is 10.2. The highest BCUT2D eigenvalue weighted by Gasteiger charge is 2.18. The lowest BCUT2D eigenvalue weighted by Crippen LogP contribution is -2.18. The summed E-state index contributed by atoms with van der Waals surface area (Å²) in [6, 6.07) is 9.00. The van der Waals surface area contributed by atoms with E-state index in [2.05, 4.69) is 15.3 Å². The van der Waals surface area contributed by atoms with Crippen molar-refractivity contribution >= 4 is 0 Å². The van der Waals surface area contributed by atoms with Gasteiger partial charge in [0.2, 0.25) is 0 Å². The third-order valence-electron chi connectivity index (χ3n) is 3.25. The van der Waals surface area contributed by atoms with E-state index in [0.717, 1.165) is 5.69 Å². The molecule has 1 N–H and O–H groups in total. The maximum Gasteiger partial charge on any atom is 0.156 e. The minimum absolute atomic E-state index is 0.144. The largest absolute Gasteiger partial charge is 0.457 e. The van der Waals surface area contributed by atoms with Gasteiger partial charge in [0.05, 0.1) is 18.5 Å². The van der Waals surface area contributed by atoms with Crippen LogP contribution in [-0.4, -0.2) is 38.8 Å². The zero-order chi connectivity index (χ0) is 15.4. The molecule has 0 saturated carbocycles. The summed E-state index contributed by atoms with van der Waals surface area (Å²) < 4.78 is 12.4. The standard InChI is InChI=1S/C15H16N4O3/c1-21-10-14(12-4-2-3-7-16-12)19-8-13(17-18-19)15-6-5-11(9-20)22-15/h2-8,14,20H,9-10H2,1H3. The third kappa shape index (κ3) is 2.90. The quantitative estimate of drug-likeness (QED) is 0.745. The van der Waals surface area contributed by atoms with Gasteiger partial charge < -0.3 is 14.3 Å². The fourth-order valence-corrected chi connectivity index (χ4v) is 2.17. The number of ether oxygens (including phenoxy) is 1. The van der Waals surface area contributed by atoms with Crippen molar-refractivity contribution < 1.29 is 14.3 Å². The molecule has 7 heteroatoms. The molecule has 0 fully saturated rings. The van der Waals surface area contributed by atoms with E-state index in [1.54, 1.807) is 36.3 Å². The summed E-state index contributed by atoms with van der Waals surface area (Å²) in [5.74, 6) is 1.05. The Morgan fingerprint density at radius 3 is 2.91 bits per heavy atom. The van der Waals surface area contributed by atoms with E-state index in [1.165, 1.54) is 0 Å². The average Bonchev–Trinajstić information content (AvgIpc) is 3.22. The molecule has 1 atom stereocenters. The molecule has 0 spiro atoms. The molecule has 0 amide bonds. The summed E-state index contributed by atoms with van der Waals surface area (Å²) in [4.78, 5) is 4.35. The van der Waals surface area contributed by atoms with Crippen molar-refractivity contribution in [2.45, 2.75) is 12.6 Å². The molecule has 0 saturated heterocycles. The highest BCUT2D eigenvalue weighted by Crippen LogP contribution is 2.22. The first-order valence-corrected chi connectivity index (χ1v) is 6.83. The second kappa shape index (κ2) is 6.50. The van der Waals surface area contributed by atoms with Gasteiger partial charge in [0.1, 0.15) is 24.1 Å². The fraction of sp³-hybridized carbons (Fsp3) is 0.267. The lowest BCUT2D eigenvalue weighted by Gasteiger charge is -2.14. The maximum absolute atomic E-state index is 9.05. The minimum Gasteiger partial charge on any atom is -0.457 e. The SMILES string of the molecule is COCC(c1ccccn1)n1cc(-c2ccc(CO)o2)nn1. The molecule has 0 radical (unpaired) electrons. The number of hydrogen-bond donors (Lipinski definition) is 1. The number of nitrogens with zero attached hydrogens (tertiary/aromatic N) is 4. The number of aromatic nitrogens is 4. The molecule has 3 heterocycles. The monoisotopic (exact) mass is 300 g/mol. The maximum atomic E-state index is 9.05. The predicted molar refractivity (Wildman–Crippen MR) is 77.9 cm³/mol. The van der Waals surface area contributed by atoms with Crippen LogP contribution in [0.4, 0.5) is 0 Å². The van der Waals surface area contributed by atoms with Gasteiger partial charge in [-0.05, 0) is 24.3 Å². The van der Waals surface area contributed by atoms with E-state index in [-0.39, 0.29) is 12.6 Å². The van der Waals surface area contributed by atoms with E-state index >= 15 is 0 Å². The van der Waals surface area contributed by atoms with Gasteiger partial charge in [-0.25, -0.2) is 4.68 Å². The highest BCUT2D eigenvalue weighted by molar-refractivity contribution is 5.50. The Morgan fingerprint density at radius 1 is 1.32 bits per heavy atom. The topological polar surface area (TPSA) is 86.2 Å². The normalized spacial score (nSPS) is 12.5. The van der Waals surface area contributed by atoms with E-state index in [4.69, 9.17) is 14.3 Å². The molecule has 3 rings (SSSR count). The zero-order valence-corrected chi connectivity index (χ0v) is 12.1. The first-order valence-electron chi connectivity index (χ1n) is 6.83. The fourth-order valence-electron chi connectivity index (χ4n) is 2.17. The Morgan fingerprint density at radius 2 is 2.23 bits per heavy atom. The smallest absolute Gasteiger partial charge is 0.156 e. The summed E-state index contributed by atoms with van der Waals surface area (Å²) in [5.41, 5.74) is 1.44. The van der Waals surface area contributed by atoms with Crippen molar-refractivity contribution in [1.82, 2.24) is 20.0 Å². The molecular formula is C15H16N4O3. The van der Waals surface area contributed by atoms with Gasteiger partial charge in [0.25, 0.3) is 0 Å². The van der Waals surface area contributed by atoms with Gasteiger partial charge in [-0.3, -0.25) is 4.98 Å². The van der Waals surface area contributed by atoms with Gasteiger partial charge >= 0.3 is 0 Å². The number of aliphatic hydroxyl groups is 1. The van der Waals surface area contributed by atoms with Gasteiger partial charge in [-0.1, -0.05) is 11.3 Å². The Balaban J connectivity index is 1.90. The zero-order valence-electron chi connectivity index (χ0n) is 12.1. The van der Waals surface area contributed by atoms with Crippen molar-refractivity contribution in [3.8, 4) is 11.5 Å². The number of rotatable bonds is 6. The number of aliphatic hydroxyl groups excluding tert-OH is 1. The second-order valence-corrected chi connectivity index (χ2v) is 4.73. The van der Waals surface area contributed by atoms with Crippen LogP contribution in [0, 0.1) is 0 Å². The third-order valence-corrected chi connectivity index (χ3v) is 3.25. The van der Waals surface area contributed by atoms with E-state index in [0.29, 0.717) is 23.8 Å². The Labute approximate surface area is 127 Å². The van der Waals surface area contributed by atoms with E-state index < -0.39 is 0 Å². The Kier molecular flexibility index (Phi) is 4.27. The number of furan rings is 1. The van der Waals surface area contributed by atoms with Gasteiger partial charge in [0, 0.05) is 13.3 Å². The van der Waals surface area contributed by atoms with Crippen molar-refractivity contribution in [2.24, 2.45) is 0 Å². The molecular weight excluding hydrogens is 284 g/mol. The number of pyridine rings is 1. The first-order chi connectivity index (χ1) is 10.8. The Bertz CT molecular complexity index is 723. The van der Waals surface area contributed by atoms with Crippen molar-refractivity contribution in [3.05, 3.63) is 54.2 Å². The van der Waals surface area contributed by atoms with Crippen LogP contribution in [0.15, 0.2) is 47.1 Å². The average molecular weight is 300 g/mol. The molecule has 114 valence electrons. The van der Waals surface area contributed by atoms with Crippen molar-refractivity contribution in [1.29, 1.82) is 0 Å². The predicted octanol–water partition coefficient (Wildman–Crippen LogP) is 1.66. The number of hydrogen-bond acceptors (Lipinski definition) is 6. The minimum atomic E-state index is -0.167. The molecule has 3 aromatic heterocycles. The van der Waals surface area contributed by atoms with Crippen molar-refractivity contribution in [3.63, 3.8) is 0 Å². The van der Waals surface area contributed by atoms with Crippen molar-refractivity contribution in [2.75, 3.05) is 13.7 Å². The summed E-state index contributed by atoms with van der Waals surface area (Å²) in [5, 5.41) is 17.3. The van der Waals surface area contributed by atoms with Gasteiger partial charge in [-0.2, -0.15) is 0 Å². The van der Waals surface area contributed by atoms with Crippen LogP contribution in [0.1, 0.15) is 17.5 Å². The summed E-state index contributed by atoms with van der Waals surface area (Å²) in [6.07, 6.45) is 3.51. The van der Waals surface area contributed by atoms with Crippen LogP contribution in [0.2, 0.25) is 0 Å². The van der Waals surface area contributed by atoms with Crippen LogP contribution in [0.5, 0.6) is 0 Å². The molecule has 7 nitrogen and oxygen atoms in total. The summed E-state index contributed by atoms with van der Waals surface area (Å²) in [7, 11) is 1.63. The van der Waals surface area contributed by atoms with Crippen LogP contribution >= 0.6 is 0 Å². The van der Waals surface area contributed by atoms with E-state index in [1.807, 2.05) is 18.2 Å². The summed E-state index contributed by atoms with van der Waals surface area (Å²) in [6.45, 7) is 0.286. The molecule has 0 aliphatic carbocycles. The first kappa shape index (κ1) is 14.4. The molecule has 3 aromatic rings. The van der Waals surface area contributed by atoms with Crippen LogP contribution in [-0.2, 0) is 11.3 Å². The second-order valence-electron chi connectivity index (χ2n) is 4.73. The lowest BCUT2D eigenvalue weighted by molar-refractivity contribution is 0.162. The molecule has 0 bridgehead atoms. The van der Waals surface area contributed by atoms with Crippen LogP contribution < -0.4 is 0 Å². The Hall–Kier alpha value is -2.51. The van der Waals surface area contributed by atoms with Gasteiger partial charge in [0.15, 0.2) is 5.76 Å². The highest BCUT2D eigenvalue weighted by atomic mass is 16.5. The summed E-state index contributed by atoms with van der Waals surface area (Å²) >= 11 is 0. The van der Waals surface area contributed by atoms with Gasteiger partial charge in [-0.15, -0.1) is 5.10 Å². The number of methoxy groups -OCH3 is 1. The molecule has 0 aliphatic rings. The molecule has 0 aliphatic heterocycles. The van der Waals surface area contributed by atoms with Crippen LogP contribution in [0.25, 0.3) is 11.5 Å². The van der Waals surface area contributed by atoms with Crippen LogP contribution in [0.3, 0.4) is 0 Å². The molecule has 1 unspecified atom stereocenters.